The first kappa shape index (κ1) is 15.1. The minimum absolute atomic E-state index is 0.00220. The molecule has 5 heteroatoms. The zero-order chi connectivity index (χ0) is 16.4. The minimum atomic E-state index is -0.125. The Kier molecular flexibility index (Phi) is 4.11. The number of carbonyl (C=O) groups is 1. The van der Waals surface area contributed by atoms with Crippen molar-refractivity contribution in [3.05, 3.63) is 54.2 Å². The molecule has 0 spiro atoms. The molecule has 0 radical (unpaired) electrons. The number of hydrogen-bond donors (Lipinski definition) is 1. The van der Waals surface area contributed by atoms with Crippen LogP contribution in [-0.4, -0.2) is 36.9 Å². The summed E-state index contributed by atoms with van der Waals surface area (Å²) >= 11 is 0. The van der Waals surface area contributed by atoms with Crippen LogP contribution in [-0.2, 0) is 9.47 Å². The van der Waals surface area contributed by atoms with E-state index < -0.39 is 0 Å². The summed E-state index contributed by atoms with van der Waals surface area (Å²) in [6.45, 7) is 1.44. The number of hydrogen-bond acceptors (Lipinski definition) is 4. The van der Waals surface area contributed by atoms with E-state index in [2.05, 4.69) is 16.4 Å². The van der Waals surface area contributed by atoms with Crippen LogP contribution in [0.15, 0.2) is 48.7 Å². The van der Waals surface area contributed by atoms with Gasteiger partial charge in [-0.3, -0.25) is 9.78 Å². The highest BCUT2D eigenvalue weighted by Gasteiger charge is 2.18. The molecule has 0 aliphatic carbocycles. The Labute approximate surface area is 139 Å². The molecule has 1 aromatic heterocycles. The standard InChI is InChI=1S/C19H18N2O3/c22-19(21-11-14-7-9-23-12-24-14)17-10-13-4-1-2-5-15(13)16-6-3-8-20-18(16)17/h1-6,8,10,14H,7,9,11-12H2,(H,21,22). The van der Waals surface area contributed by atoms with Crippen molar-refractivity contribution >= 4 is 27.6 Å². The maximum Gasteiger partial charge on any atom is 0.253 e. The molecule has 1 N–H and O–H groups in total. The molecule has 1 unspecified atom stereocenters. The number of nitrogens with zero attached hydrogens (tertiary/aromatic N) is 1. The van der Waals surface area contributed by atoms with Gasteiger partial charge in [0.05, 0.1) is 23.8 Å². The van der Waals surface area contributed by atoms with Crippen molar-refractivity contribution in [3.63, 3.8) is 0 Å². The summed E-state index contributed by atoms with van der Waals surface area (Å²) in [7, 11) is 0. The van der Waals surface area contributed by atoms with Gasteiger partial charge in [0.15, 0.2) is 0 Å². The molecule has 5 nitrogen and oxygen atoms in total. The lowest BCUT2D eigenvalue weighted by Gasteiger charge is -2.23. The van der Waals surface area contributed by atoms with Crippen LogP contribution >= 0.6 is 0 Å². The van der Waals surface area contributed by atoms with E-state index in [-0.39, 0.29) is 12.0 Å². The van der Waals surface area contributed by atoms with Gasteiger partial charge in [-0.1, -0.05) is 30.3 Å². The number of fused-ring (bicyclic) bond motifs is 3. The Morgan fingerprint density at radius 1 is 1.21 bits per heavy atom. The first-order chi connectivity index (χ1) is 11.8. The van der Waals surface area contributed by atoms with Gasteiger partial charge >= 0.3 is 0 Å². The number of ether oxygens (including phenoxy) is 2. The number of pyridine rings is 1. The topological polar surface area (TPSA) is 60.5 Å². The largest absolute Gasteiger partial charge is 0.355 e. The first-order valence-electron chi connectivity index (χ1n) is 8.07. The van der Waals surface area contributed by atoms with Gasteiger partial charge in [0.2, 0.25) is 0 Å². The number of rotatable bonds is 3. The fraction of sp³-hybridized carbons (Fsp3) is 0.263. The zero-order valence-electron chi connectivity index (χ0n) is 13.2. The van der Waals surface area contributed by atoms with Crippen molar-refractivity contribution in [1.29, 1.82) is 0 Å². The summed E-state index contributed by atoms with van der Waals surface area (Å²) in [5, 5.41) is 6.09. The molecule has 3 aromatic rings. The quantitative estimate of drug-likeness (QED) is 0.753. The molecule has 1 fully saturated rings. The third-order valence-electron chi connectivity index (χ3n) is 4.32. The minimum Gasteiger partial charge on any atom is -0.355 e. The molecule has 1 amide bonds. The van der Waals surface area contributed by atoms with Crippen LogP contribution in [0.4, 0.5) is 0 Å². The van der Waals surface area contributed by atoms with Crippen LogP contribution in [0.2, 0.25) is 0 Å². The predicted molar refractivity (Wildman–Crippen MR) is 91.9 cm³/mol. The lowest BCUT2D eigenvalue weighted by Crippen LogP contribution is -2.37. The molecule has 1 aliphatic heterocycles. The summed E-state index contributed by atoms with van der Waals surface area (Å²) in [4.78, 5) is 17.1. The Balaban J connectivity index is 1.67. The van der Waals surface area contributed by atoms with Gasteiger partial charge < -0.3 is 14.8 Å². The summed E-state index contributed by atoms with van der Waals surface area (Å²) < 4.78 is 10.6. The molecule has 4 rings (SSSR count). The van der Waals surface area contributed by atoms with Crippen LogP contribution in [0.5, 0.6) is 0 Å². The lowest BCUT2D eigenvalue weighted by molar-refractivity contribution is -0.136. The van der Waals surface area contributed by atoms with E-state index in [1.54, 1.807) is 6.20 Å². The van der Waals surface area contributed by atoms with Crippen LogP contribution < -0.4 is 5.32 Å². The third-order valence-corrected chi connectivity index (χ3v) is 4.32. The Bertz CT molecular complexity index is 888. The molecule has 2 heterocycles. The summed E-state index contributed by atoms with van der Waals surface area (Å²) in [6, 6.07) is 13.8. The molecule has 2 aromatic carbocycles. The van der Waals surface area contributed by atoms with Crippen LogP contribution in [0.25, 0.3) is 21.7 Å². The van der Waals surface area contributed by atoms with E-state index in [0.717, 1.165) is 28.1 Å². The SMILES string of the molecule is O=C(NCC1CCOCO1)c1cc2ccccc2c2cccnc12. The van der Waals surface area contributed by atoms with E-state index >= 15 is 0 Å². The van der Waals surface area contributed by atoms with Gasteiger partial charge in [0.25, 0.3) is 5.91 Å². The number of amides is 1. The van der Waals surface area contributed by atoms with Gasteiger partial charge in [0.1, 0.15) is 6.79 Å². The second-order valence-corrected chi connectivity index (χ2v) is 5.86. The van der Waals surface area contributed by atoms with Crippen molar-refractivity contribution in [2.24, 2.45) is 0 Å². The average Bonchev–Trinajstić information content (AvgIpc) is 2.66. The summed E-state index contributed by atoms with van der Waals surface area (Å²) in [5.74, 6) is -0.125. The van der Waals surface area contributed by atoms with Crippen molar-refractivity contribution in [2.75, 3.05) is 19.9 Å². The highest BCUT2D eigenvalue weighted by atomic mass is 16.7. The molecular formula is C19H18N2O3. The molecule has 0 saturated carbocycles. The number of nitrogens with one attached hydrogen (secondary N) is 1. The maximum absolute atomic E-state index is 12.7. The van der Waals surface area contributed by atoms with Gasteiger partial charge in [-0.2, -0.15) is 0 Å². The molecule has 0 bridgehead atoms. The number of carbonyl (C=O) groups excluding carboxylic acids is 1. The van der Waals surface area contributed by atoms with E-state index in [1.807, 2.05) is 36.4 Å². The summed E-state index contributed by atoms with van der Waals surface area (Å²) in [6.07, 6.45) is 2.51. The summed E-state index contributed by atoms with van der Waals surface area (Å²) in [5.41, 5.74) is 1.32. The van der Waals surface area contributed by atoms with E-state index in [9.17, 15) is 4.79 Å². The Morgan fingerprint density at radius 2 is 2.08 bits per heavy atom. The van der Waals surface area contributed by atoms with E-state index in [4.69, 9.17) is 9.47 Å². The Hall–Kier alpha value is -2.50. The smallest absolute Gasteiger partial charge is 0.253 e. The van der Waals surface area contributed by atoms with Crippen molar-refractivity contribution in [1.82, 2.24) is 10.3 Å². The van der Waals surface area contributed by atoms with Gasteiger partial charge in [-0.25, -0.2) is 0 Å². The second-order valence-electron chi connectivity index (χ2n) is 5.86. The first-order valence-corrected chi connectivity index (χ1v) is 8.07. The fourth-order valence-corrected chi connectivity index (χ4v) is 3.07. The van der Waals surface area contributed by atoms with Crippen molar-refractivity contribution < 1.29 is 14.3 Å². The molecule has 1 saturated heterocycles. The van der Waals surface area contributed by atoms with Gasteiger partial charge in [-0.15, -0.1) is 0 Å². The van der Waals surface area contributed by atoms with Crippen LogP contribution in [0.1, 0.15) is 16.8 Å². The van der Waals surface area contributed by atoms with Crippen LogP contribution in [0, 0.1) is 0 Å². The lowest BCUT2D eigenvalue weighted by atomic mass is 10.0. The van der Waals surface area contributed by atoms with Gasteiger partial charge in [0, 0.05) is 18.1 Å². The molecular weight excluding hydrogens is 304 g/mol. The number of benzene rings is 2. The fourth-order valence-electron chi connectivity index (χ4n) is 3.07. The monoisotopic (exact) mass is 322 g/mol. The normalized spacial score (nSPS) is 17.9. The van der Waals surface area contributed by atoms with Crippen LogP contribution in [0.3, 0.4) is 0 Å². The Morgan fingerprint density at radius 3 is 2.96 bits per heavy atom. The highest BCUT2D eigenvalue weighted by Crippen LogP contribution is 2.27. The molecule has 1 aliphatic rings. The molecule has 122 valence electrons. The molecule has 1 atom stereocenters. The second kappa shape index (κ2) is 6.55. The van der Waals surface area contributed by atoms with E-state index in [1.165, 1.54) is 0 Å². The van der Waals surface area contributed by atoms with Gasteiger partial charge in [-0.05, 0) is 29.3 Å². The number of aromatic nitrogens is 1. The third kappa shape index (κ3) is 2.84. The predicted octanol–water partition coefficient (Wildman–Crippen LogP) is 2.88. The van der Waals surface area contributed by atoms with E-state index in [0.29, 0.717) is 25.5 Å². The molecule has 24 heavy (non-hydrogen) atoms. The zero-order valence-corrected chi connectivity index (χ0v) is 13.2. The highest BCUT2D eigenvalue weighted by molar-refractivity contribution is 6.15. The van der Waals surface area contributed by atoms with Crippen molar-refractivity contribution in [3.8, 4) is 0 Å². The maximum atomic E-state index is 12.7. The van der Waals surface area contributed by atoms with Crippen molar-refractivity contribution in [2.45, 2.75) is 12.5 Å². The average molecular weight is 322 g/mol.